The van der Waals surface area contributed by atoms with Gasteiger partial charge in [-0.05, 0) is 30.5 Å². The van der Waals surface area contributed by atoms with Crippen LogP contribution in [0.3, 0.4) is 0 Å². The Balaban J connectivity index is 2.24. The van der Waals surface area contributed by atoms with Crippen LogP contribution in [0.15, 0.2) is 52.7 Å². The van der Waals surface area contributed by atoms with E-state index in [1.807, 2.05) is 0 Å². The van der Waals surface area contributed by atoms with Gasteiger partial charge in [0.15, 0.2) is 9.84 Å². The van der Waals surface area contributed by atoms with Crippen LogP contribution in [0.4, 0.5) is 0 Å². The van der Waals surface area contributed by atoms with Gasteiger partial charge in [0.1, 0.15) is 5.25 Å². The second kappa shape index (κ2) is 8.07. The number of nitrogens with one attached hydrogen (secondary N) is 1. The number of carbonyl (C=O) groups excluding carboxylic acids is 2. The van der Waals surface area contributed by atoms with E-state index >= 15 is 0 Å². The average Bonchev–Trinajstić information content (AvgIpc) is 3.10. The van der Waals surface area contributed by atoms with E-state index in [0.29, 0.717) is 4.88 Å². The number of rotatable bonds is 6. The summed E-state index contributed by atoms with van der Waals surface area (Å²) in [5.41, 5.74) is 0. The lowest BCUT2D eigenvalue weighted by atomic mass is 10.3. The lowest BCUT2D eigenvalue weighted by Gasteiger charge is -2.17. The molecule has 1 aromatic heterocycles. The Hall–Kier alpha value is -2.19. The number of sulfone groups is 1. The van der Waals surface area contributed by atoms with E-state index in [0.717, 1.165) is 0 Å². The summed E-state index contributed by atoms with van der Waals surface area (Å²) in [6, 6.07) is 11.4. The Labute approximate surface area is 144 Å². The second-order valence-electron chi connectivity index (χ2n) is 4.79. The van der Waals surface area contributed by atoms with Crippen LogP contribution in [0.1, 0.15) is 17.1 Å². The van der Waals surface area contributed by atoms with Gasteiger partial charge in [0.05, 0.1) is 11.5 Å². The molecule has 0 aliphatic carbocycles. The van der Waals surface area contributed by atoms with Crippen LogP contribution in [0.5, 0.6) is 0 Å². The third-order valence-corrected chi connectivity index (χ3v) is 6.45. The van der Waals surface area contributed by atoms with Gasteiger partial charge in [-0.1, -0.05) is 24.3 Å². The first-order valence-corrected chi connectivity index (χ1v) is 9.66. The van der Waals surface area contributed by atoms with Gasteiger partial charge in [0.25, 0.3) is 0 Å². The van der Waals surface area contributed by atoms with E-state index in [-0.39, 0.29) is 18.0 Å². The minimum absolute atomic E-state index is 0.0723. The summed E-state index contributed by atoms with van der Waals surface area (Å²) in [4.78, 5) is 23.8. The minimum Gasteiger partial charge on any atom is -0.459 e. The van der Waals surface area contributed by atoms with E-state index in [2.05, 4.69) is 10.1 Å². The molecule has 1 heterocycles. The second-order valence-corrected chi connectivity index (χ2v) is 7.90. The third-order valence-electron chi connectivity index (χ3n) is 3.22. The lowest BCUT2D eigenvalue weighted by molar-refractivity contribution is -0.154. The maximum Gasteiger partial charge on any atom is 0.396 e. The summed E-state index contributed by atoms with van der Waals surface area (Å²) in [5.74, 6) is -1.98. The Morgan fingerprint density at radius 3 is 2.46 bits per heavy atom. The van der Waals surface area contributed by atoms with E-state index in [1.165, 1.54) is 23.5 Å². The maximum absolute atomic E-state index is 12.9. The molecule has 1 amide bonds. The highest BCUT2D eigenvalue weighted by Gasteiger charge is 2.31. The summed E-state index contributed by atoms with van der Waals surface area (Å²) in [6.45, 7) is 1.44. The minimum atomic E-state index is -3.71. The van der Waals surface area contributed by atoms with Crippen LogP contribution in [0.2, 0.25) is 0 Å². The Morgan fingerprint density at radius 2 is 1.88 bits per heavy atom. The molecule has 2 aromatic rings. The van der Waals surface area contributed by atoms with Crippen LogP contribution in [0, 0.1) is 0 Å². The molecule has 6 nitrogen and oxygen atoms in total. The molecule has 1 N–H and O–H groups in total. The van der Waals surface area contributed by atoms with Gasteiger partial charge in [-0.2, -0.15) is 0 Å². The number of esters is 1. The first-order chi connectivity index (χ1) is 11.5. The molecular weight excluding hydrogens is 350 g/mol. The first-order valence-electron chi connectivity index (χ1n) is 7.24. The fourth-order valence-corrected chi connectivity index (χ4v) is 4.87. The molecule has 0 bridgehead atoms. The largest absolute Gasteiger partial charge is 0.459 e. The molecule has 8 heteroatoms. The molecule has 0 fully saturated rings. The van der Waals surface area contributed by atoms with Crippen molar-refractivity contribution >= 4 is 33.1 Å². The van der Waals surface area contributed by atoms with Crippen LogP contribution in [-0.4, -0.2) is 33.4 Å². The van der Waals surface area contributed by atoms with Crippen molar-refractivity contribution in [2.24, 2.45) is 0 Å². The number of carbonyl (C=O) groups is 2. The lowest BCUT2D eigenvalue weighted by Crippen LogP contribution is -2.37. The fraction of sp³-hybridized carbons (Fsp3) is 0.250. The van der Waals surface area contributed by atoms with E-state index < -0.39 is 27.0 Å². The van der Waals surface area contributed by atoms with Gasteiger partial charge in [-0.3, -0.25) is 4.79 Å². The van der Waals surface area contributed by atoms with Crippen molar-refractivity contribution in [3.63, 3.8) is 0 Å². The summed E-state index contributed by atoms with van der Waals surface area (Å²) >= 11 is 1.28. The topological polar surface area (TPSA) is 89.5 Å². The van der Waals surface area contributed by atoms with Gasteiger partial charge in [-0.15, -0.1) is 11.3 Å². The zero-order valence-corrected chi connectivity index (χ0v) is 14.6. The molecule has 0 spiro atoms. The van der Waals surface area contributed by atoms with Gasteiger partial charge >= 0.3 is 11.9 Å². The van der Waals surface area contributed by atoms with Gasteiger partial charge in [0, 0.05) is 11.4 Å². The number of thiophene rings is 1. The van der Waals surface area contributed by atoms with Crippen molar-refractivity contribution in [3.8, 4) is 0 Å². The van der Waals surface area contributed by atoms with E-state index in [9.17, 15) is 18.0 Å². The van der Waals surface area contributed by atoms with E-state index in [1.54, 1.807) is 42.6 Å². The third kappa shape index (κ3) is 4.21. The average molecular weight is 367 g/mol. The fourth-order valence-electron chi connectivity index (χ4n) is 2.07. The standard InChI is InChI=1S/C16H17NO5S2/c1-2-22-16(19)15(18)17-11-14(13-9-6-10-23-13)24(20,21)12-7-4-3-5-8-12/h3-10,14H,2,11H2,1H3,(H,17,18)/t14-/m1/s1. The smallest absolute Gasteiger partial charge is 0.396 e. The summed E-state index contributed by atoms with van der Waals surface area (Å²) in [6.07, 6.45) is 0. The highest BCUT2D eigenvalue weighted by Crippen LogP contribution is 2.31. The highest BCUT2D eigenvalue weighted by molar-refractivity contribution is 7.91. The van der Waals surface area contributed by atoms with Crippen LogP contribution < -0.4 is 5.32 Å². The van der Waals surface area contributed by atoms with Crippen LogP contribution >= 0.6 is 11.3 Å². The van der Waals surface area contributed by atoms with Crippen molar-refractivity contribution in [2.45, 2.75) is 17.1 Å². The van der Waals surface area contributed by atoms with Crippen molar-refractivity contribution in [1.82, 2.24) is 5.32 Å². The monoisotopic (exact) mass is 367 g/mol. The predicted molar refractivity (Wildman–Crippen MR) is 90.3 cm³/mol. The quantitative estimate of drug-likeness (QED) is 0.622. The maximum atomic E-state index is 12.9. The Bertz CT molecular complexity index is 785. The predicted octanol–water partition coefficient (Wildman–Crippen LogP) is 1.94. The van der Waals surface area contributed by atoms with Crippen molar-refractivity contribution in [3.05, 3.63) is 52.7 Å². The Kier molecular flexibility index (Phi) is 6.10. The summed E-state index contributed by atoms with van der Waals surface area (Å²) in [5, 5.41) is 3.13. The SMILES string of the molecule is CCOC(=O)C(=O)NC[C@H](c1cccs1)S(=O)(=O)c1ccccc1. The van der Waals surface area contributed by atoms with Crippen molar-refractivity contribution < 1.29 is 22.7 Å². The highest BCUT2D eigenvalue weighted by atomic mass is 32.2. The summed E-state index contributed by atoms with van der Waals surface area (Å²) < 4.78 is 30.4. The normalized spacial score (nSPS) is 12.4. The van der Waals surface area contributed by atoms with Crippen LogP contribution in [-0.2, 0) is 24.2 Å². The van der Waals surface area contributed by atoms with Gasteiger partial charge in [-0.25, -0.2) is 13.2 Å². The molecule has 0 unspecified atom stereocenters. The number of ether oxygens (including phenoxy) is 1. The molecular formula is C16H17NO5S2. The molecule has 0 aliphatic rings. The molecule has 0 saturated carbocycles. The molecule has 1 atom stereocenters. The zero-order valence-electron chi connectivity index (χ0n) is 13.0. The number of amides is 1. The Morgan fingerprint density at radius 1 is 1.17 bits per heavy atom. The molecule has 0 aliphatic heterocycles. The van der Waals surface area contributed by atoms with Crippen molar-refractivity contribution in [1.29, 1.82) is 0 Å². The number of benzene rings is 1. The molecule has 128 valence electrons. The first kappa shape index (κ1) is 18.2. The molecule has 0 saturated heterocycles. The number of hydrogen-bond donors (Lipinski definition) is 1. The zero-order chi connectivity index (χ0) is 17.6. The van der Waals surface area contributed by atoms with E-state index in [4.69, 9.17) is 0 Å². The molecule has 2 rings (SSSR count). The summed E-state index contributed by atoms with van der Waals surface area (Å²) in [7, 11) is -3.71. The van der Waals surface area contributed by atoms with Gasteiger partial charge < -0.3 is 10.1 Å². The van der Waals surface area contributed by atoms with Crippen molar-refractivity contribution in [2.75, 3.05) is 13.2 Å². The number of hydrogen-bond acceptors (Lipinski definition) is 6. The molecule has 1 aromatic carbocycles. The van der Waals surface area contributed by atoms with Gasteiger partial charge in [0.2, 0.25) is 0 Å². The molecule has 0 radical (unpaired) electrons. The van der Waals surface area contributed by atoms with Crippen LogP contribution in [0.25, 0.3) is 0 Å². The molecule has 24 heavy (non-hydrogen) atoms.